The number of carbonyl (C=O) groups is 11. The summed E-state index contributed by atoms with van der Waals surface area (Å²) < 4.78 is 4.76. The molecule has 12 N–H and O–H groups in total. The second-order valence-electron chi connectivity index (χ2n) is 19.9. The summed E-state index contributed by atoms with van der Waals surface area (Å²) in [4.78, 5) is 144. The molecule has 0 saturated carbocycles. The molecule has 1 aromatic rings. The number of piperidine rings is 1. The van der Waals surface area contributed by atoms with Crippen molar-refractivity contribution < 1.29 is 77.9 Å². The summed E-state index contributed by atoms with van der Waals surface area (Å²) >= 11 is 0. The zero-order valence-electron chi connectivity index (χ0n) is 43.6. The Labute approximate surface area is 445 Å². The third-order valence-corrected chi connectivity index (χ3v) is 14.1. The largest absolute Gasteiger partial charge is 0.481 e. The van der Waals surface area contributed by atoms with Crippen molar-refractivity contribution >= 4 is 70.9 Å². The van der Waals surface area contributed by atoms with Gasteiger partial charge in [-0.15, -0.1) is 0 Å². The number of likely N-dealkylation sites (tertiary alicyclic amines) is 1. The minimum Gasteiger partial charge on any atom is -0.481 e. The summed E-state index contributed by atoms with van der Waals surface area (Å²) in [5, 5.41) is 59.4. The van der Waals surface area contributed by atoms with Gasteiger partial charge in [-0.1, -0.05) is 38.5 Å². The zero-order valence-corrected chi connectivity index (χ0v) is 43.6. The van der Waals surface area contributed by atoms with Crippen LogP contribution in [-0.4, -0.2) is 210 Å². The van der Waals surface area contributed by atoms with Gasteiger partial charge in [0.15, 0.2) is 0 Å². The van der Waals surface area contributed by atoms with Crippen LogP contribution in [0, 0.1) is 11.8 Å². The van der Waals surface area contributed by atoms with Crippen LogP contribution < -0.4 is 47.4 Å². The van der Waals surface area contributed by atoms with Crippen LogP contribution in [-0.2, 0) is 70.3 Å². The maximum absolute atomic E-state index is 14.3. The minimum atomic E-state index is -1.53. The van der Waals surface area contributed by atoms with Crippen LogP contribution in [0.15, 0.2) is 18.2 Å². The molecule has 27 nitrogen and oxygen atoms in total. The SMILES string of the molecule is CC[C@H](C)[C@H](NC(=O)CCNC(=O)CCNC(=O)[C@@H](CCC(=O)O)NC(=O)CN1CCC(CNCCN(CCNCC(=O)O)CC(=O)O)CC1)C(=O)N[C@H]1CCc2cccc3c2N(C1=O)[C@H](C(=O)N[C@@H]1CC(=O)O[C@H]1O)C3. The number of aliphatic hydroxyl groups is 1. The van der Waals surface area contributed by atoms with Crippen LogP contribution in [0.3, 0.4) is 0 Å². The maximum atomic E-state index is 14.3. The summed E-state index contributed by atoms with van der Waals surface area (Å²) in [7, 11) is 0. The van der Waals surface area contributed by atoms with Crippen LogP contribution in [0.2, 0.25) is 0 Å². The van der Waals surface area contributed by atoms with Crippen molar-refractivity contribution in [2.24, 2.45) is 11.8 Å². The molecule has 4 heterocycles. The van der Waals surface area contributed by atoms with E-state index in [1.807, 2.05) is 30.0 Å². The fourth-order valence-corrected chi connectivity index (χ4v) is 9.72. The summed E-state index contributed by atoms with van der Waals surface area (Å²) in [5.41, 5.74) is 2.13. The molecule has 27 heteroatoms. The van der Waals surface area contributed by atoms with Crippen molar-refractivity contribution in [1.82, 2.24) is 52.3 Å². The van der Waals surface area contributed by atoms with E-state index < -0.39 is 108 Å². The normalized spacial score (nSPS) is 20.4. The lowest BCUT2D eigenvalue weighted by Gasteiger charge is -2.32. The molecular formula is C50H75N11O16. The van der Waals surface area contributed by atoms with E-state index in [0.29, 0.717) is 70.3 Å². The van der Waals surface area contributed by atoms with Gasteiger partial charge >= 0.3 is 23.9 Å². The molecule has 0 radical (unpaired) electrons. The van der Waals surface area contributed by atoms with E-state index in [-0.39, 0.29) is 77.2 Å². The second kappa shape index (κ2) is 30.2. The molecule has 0 unspecified atom stereocenters. The molecule has 2 fully saturated rings. The lowest BCUT2D eigenvalue weighted by molar-refractivity contribution is -0.155. The molecule has 0 aromatic heterocycles. The van der Waals surface area contributed by atoms with Crippen LogP contribution in [0.5, 0.6) is 0 Å². The van der Waals surface area contributed by atoms with Crippen molar-refractivity contribution in [2.45, 2.75) is 121 Å². The fraction of sp³-hybridized carbons (Fsp3) is 0.660. The van der Waals surface area contributed by atoms with Gasteiger partial charge in [0, 0.05) is 65.0 Å². The maximum Gasteiger partial charge on any atom is 0.317 e. The Balaban J connectivity index is 1.01. The van der Waals surface area contributed by atoms with Crippen LogP contribution in [0.4, 0.5) is 5.69 Å². The molecular weight excluding hydrogens is 1010 g/mol. The number of ether oxygens (including phenoxy) is 1. The number of anilines is 1. The summed E-state index contributed by atoms with van der Waals surface area (Å²) in [6, 6.07) is 0.114. The number of aliphatic hydroxyl groups excluding tert-OH is 1. The van der Waals surface area contributed by atoms with E-state index >= 15 is 0 Å². The molecule has 5 rings (SSSR count). The van der Waals surface area contributed by atoms with E-state index in [9.17, 15) is 68.1 Å². The van der Waals surface area contributed by atoms with Crippen molar-refractivity contribution in [3.05, 3.63) is 29.3 Å². The average molecular weight is 1090 g/mol. The molecule has 2 saturated heterocycles. The number of nitrogens with zero attached hydrogens (tertiary/aromatic N) is 3. The highest BCUT2D eigenvalue weighted by Crippen LogP contribution is 2.39. The van der Waals surface area contributed by atoms with Crippen LogP contribution in [0.25, 0.3) is 0 Å². The number of esters is 1. The Morgan fingerprint density at radius 3 is 2.12 bits per heavy atom. The first-order valence-electron chi connectivity index (χ1n) is 26.3. The lowest BCUT2D eigenvalue weighted by atomic mass is 9.97. The number of cyclic esters (lactones) is 1. The number of carboxylic acid groups (broad SMARTS) is 3. The highest BCUT2D eigenvalue weighted by atomic mass is 16.6. The quantitative estimate of drug-likeness (QED) is 0.0245. The van der Waals surface area contributed by atoms with Gasteiger partial charge in [-0.25, -0.2) is 0 Å². The van der Waals surface area contributed by atoms with E-state index in [0.717, 1.165) is 24.0 Å². The number of aryl methyl sites for hydroxylation is 1. The molecule has 4 aliphatic heterocycles. The Kier molecular flexibility index (Phi) is 24.0. The highest BCUT2D eigenvalue weighted by molar-refractivity contribution is 6.08. The summed E-state index contributed by atoms with van der Waals surface area (Å²) in [5.74, 6) is -7.90. The van der Waals surface area contributed by atoms with Crippen molar-refractivity contribution in [1.29, 1.82) is 0 Å². The van der Waals surface area contributed by atoms with Crippen LogP contribution >= 0.6 is 0 Å². The third-order valence-electron chi connectivity index (χ3n) is 14.1. The number of benzene rings is 1. The van der Waals surface area contributed by atoms with Gasteiger partial charge in [-0.3, -0.25) is 67.4 Å². The highest BCUT2D eigenvalue weighted by Gasteiger charge is 2.46. The predicted octanol–water partition coefficient (Wildman–Crippen LogP) is -3.62. The first kappa shape index (κ1) is 61.0. The Morgan fingerprint density at radius 1 is 0.766 bits per heavy atom. The molecule has 1 aromatic carbocycles. The predicted molar refractivity (Wildman–Crippen MR) is 272 cm³/mol. The van der Waals surface area contributed by atoms with Crippen molar-refractivity contribution in [3.63, 3.8) is 0 Å². The number of rotatable bonds is 32. The minimum absolute atomic E-state index is 0.0244. The van der Waals surface area contributed by atoms with E-state index in [1.165, 1.54) is 4.90 Å². The number of aliphatic carboxylic acids is 3. The summed E-state index contributed by atoms with van der Waals surface area (Å²) in [6.45, 7) is 6.43. The molecule has 0 aliphatic carbocycles. The lowest BCUT2D eigenvalue weighted by Crippen LogP contribution is -2.59. The third kappa shape index (κ3) is 19.3. The molecule has 7 atom stereocenters. The summed E-state index contributed by atoms with van der Waals surface area (Å²) in [6.07, 6.45) is -0.0242. The van der Waals surface area contributed by atoms with E-state index in [1.54, 1.807) is 11.8 Å². The molecule has 7 amide bonds. The first-order valence-corrected chi connectivity index (χ1v) is 26.3. The average Bonchev–Trinajstić information content (AvgIpc) is 3.94. The van der Waals surface area contributed by atoms with Gasteiger partial charge in [0.1, 0.15) is 30.2 Å². The van der Waals surface area contributed by atoms with Gasteiger partial charge < -0.3 is 67.7 Å². The van der Waals surface area contributed by atoms with Gasteiger partial charge in [0.05, 0.1) is 31.7 Å². The second-order valence-corrected chi connectivity index (χ2v) is 19.9. The Hall–Kier alpha value is -6.81. The molecule has 0 spiro atoms. The van der Waals surface area contributed by atoms with E-state index in [4.69, 9.17) is 9.84 Å². The number of nitrogens with one attached hydrogen (secondary N) is 8. The van der Waals surface area contributed by atoms with Crippen molar-refractivity contribution in [3.8, 4) is 0 Å². The molecule has 426 valence electrons. The van der Waals surface area contributed by atoms with Crippen LogP contribution in [0.1, 0.15) is 82.8 Å². The smallest absolute Gasteiger partial charge is 0.317 e. The molecule has 4 aliphatic rings. The molecule has 0 bridgehead atoms. The first-order chi connectivity index (χ1) is 36.7. The number of amides is 7. The number of carboxylic acids is 3. The topological polar surface area (TPSA) is 384 Å². The van der Waals surface area contributed by atoms with Crippen molar-refractivity contribution in [2.75, 3.05) is 83.4 Å². The fourth-order valence-electron chi connectivity index (χ4n) is 9.72. The van der Waals surface area contributed by atoms with Gasteiger partial charge in [0.2, 0.25) is 47.6 Å². The monoisotopic (exact) mass is 1090 g/mol. The standard InChI is InChI=1S/C50H75N11O16/c1-3-29(2)44(48(74)56-34-8-7-31-5-4-6-32-23-36(61(45(31)32)49(34)75)47(73)57-35-24-43(71)77-50(35)76)58-38(63)12-15-53-37(62)11-16-54-46(72)33(9-10-40(65)66)55-39(64)27-59-19-13-30(14-20-59)25-51-17-21-60(28-42(69)70)22-18-52-26-41(67)68/h4-6,29-30,33-36,44,50-52,76H,3,7-28H2,1-2H3,(H,53,62)(H,54,72)(H,55,64)(H,56,74)(H,57,73)(H,58,63)(H,65,66)(H,67,68)(H,69,70)/t29-,33+,34-,35+,36-,44-,50+/m0/s1. The Bertz CT molecular complexity index is 2300. The number of para-hydroxylation sites is 1. The van der Waals surface area contributed by atoms with Gasteiger partial charge in [-0.2, -0.15) is 0 Å². The zero-order chi connectivity index (χ0) is 56.2. The number of hydrogen-bond acceptors (Lipinski definition) is 17. The van der Waals surface area contributed by atoms with Gasteiger partial charge in [0.25, 0.3) is 0 Å². The number of hydrogen-bond donors (Lipinski definition) is 12. The van der Waals surface area contributed by atoms with Gasteiger partial charge in [-0.05, 0) is 74.7 Å². The number of carbonyl (C=O) groups excluding carboxylic acids is 8. The Morgan fingerprint density at radius 2 is 1.45 bits per heavy atom. The van der Waals surface area contributed by atoms with E-state index in [2.05, 4.69) is 42.5 Å². The molecule has 77 heavy (non-hydrogen) atoms.